The molecule has 0 spiro atoms. The van der Waals surface area contributed by atoms with E-state index in [1.807, 2.05) is 67.1 Å². The molecule has 4 aromatic rings. The fraction of sp³-hybridized carbons (Fsp3) is 0.190. The second kappa shape index (κ2) is 8.59. The van der Waals surface area contributed by atoms with E-state index in [1.54, 1.807) is 16.0 Å². The van der Waals surface area contributed by atoms with Crippen LogP contribution in [0.4, 0.5) is 5.82 Å². The van der Waals surface area contributed by atoms with Gasteiger partial charge in [0.15, 0.2) is 0 Å². The third kappa shape index (κ3) is 4.55. The quantitative estimate of drug-likeness (QED) is 0.456. The Balaban J connectivity index is 1.49. The predicted molar refractivity (Wildman–Crippen MR) is 117 cm³/mol. The number of ether oxygens (including phenoxy) is 1. The molecule has 0 saturated carbocycles. The second-order valence-corrected chi connectivity index (χ2v) is 8.16. The normalized spacial score (nSPS) is 10.8. The Morgan fingerprint density at radius 1 is 1.21 bits per heavy atom. The number of rotatable bonds is 7. The average molecular weight is 425 g/mol. The first-order valence-electron chi connectivity index (χ1n) is 9.20. The molecule has 1 N–H and O–H groups in total. The van der Waals surface area contributed by atoms with Gasteiger partial charge in [0.25, 0.3) is 0 Å². The van der Waals surface area contributed by atoms with Gasteiger partial charge in [-0.1, -0.05) is 18.2 Å². The lowest BCUT2D eigenvalue weighted by molar-refractivity contribution is -0.115. The van der Waals surface area contributed by atoms with Crippen LogP contribution in [0.15, 0.2) is 53.2 Å². The number of nitrogens with one attached hydrogen (secondary N) is 1. The van der Waals surface area contributed by atoms with Crippen molar-refractivity contribution in [1.82, 2.24) is 14.8 Å². The number of aryl methyl sites for hydroxylation is 1. The minimum Gasteiger partial charge on any atom is -0.494 e. The number of amides is 1. The van der Waals surface area contributed by atoms with Gasteiger partial charge in [-0.15, -0.1) is 22.7 Å². The molecule has 148 valence electrons. The molecule has 4 rings (SSSR count). The van der Waals surface area contributed by atoms with Gasteiger partial charge in [0.05, 0.1) is 29.3 Å². The minimum absolute atomic E-state index is 0.106. The van der Waals surface area contributed by atoms with Gasteiger partial charge in [-0.2, -0.15) is 9.78 Å². The van der Waals surface area contributed by atoms with Crippen LogP contribution in [0.2, 0.25) is 0 Å². The molecule has 3 heterocycles. The van der Waals surface area contributed by atoms with Crippen molar-refractivity contribution in [3.63, 3.8) is 0 Å². The lowest BCUT2D eigenvalue weighted by atomic mass is 10.1. The van der Waals surface area contributed by atoms with Crippen molar-refractivity contribution in [2.45, 2.75) is 20.3 Å². The van der Waals surface area contributed by atoms with Crippen molar-refractivity contribution in [2.75, 3.05) is 11.9 Å². The summed E-state index contributed by atoms with van der Waals surface area (Å²) in [5, 5.41) is 12.2. The maximum Gasteiger partial charge on any atom is 0.229 e. The number of aromatic nitrogens is 3. The number of thiazole rings is 1. The molecule has 0 unspecified atom stereocenters. The molecule has 0 saturated heterocycles. The van der Waals surface area contributed by atoms with Crippen LogP contribution in [-0.2, 0) is 11.2 Å². The molecular formula is C21H20N4O2S2. The van der Waals surface area contributed by atoms with E-state index in [0.717, 1.165) is 32.7 Å². The number of nitrogens with zero attached hydrogens (tertiary/aromatic N) is 3. The molecule has 0 radical (unpaired) electrons. The fourth-order valence-corrected chi connectivity index (χ4v) is 4.42. The minimum atomic E-state index is -0.106. The van der Waals surface area contributed by atoms with Crippen molar-refractivity contribution in [2.24, 2.45) is 0 Å². The Bertz CT molecular complexity index is 1100. The third-order valence-electron chi connectivity index (χ3n) is 4.14. The molecule has 29 heavy (non-hydrogen) atoms. The van der Waals surface area contributed by atoms with E-state index in [4.69, 9.17) is 4.74 Å². The van der Waals surface area contributed by atoms with E-state index in [9.17, 15) is 4.79 Å². The molecule has 0 aliphatic heterocycles. The zero-order valence-electron chi connectivity index (χ0n) is 16.1. The smallest absolute Gasteiger partial charge is 0.229 e. The number of benzene rings is 1. The van der Waals surface area contributed by atoms with Crippen molar-refractivity contribution < 1.29 is 9.53 Å². The Kier molecular flexibility index (Phi) is 5.73. The number of anilines is 1. The van der Waals surface area contributed by atoms with Gasteiger partial charge in [-0.25, -0.2) is 4.98 Å². The van der Waals surface area contributed by atoms with E-state index in [2.05, 4.69) is 15.4 Å². The Morgan fingerprint density at radius 2 is 2.03 bits per heavy atom. The standard InChI is InChI=1S/C21H20N4O2S2/c1-3-27-16-8-6-15(7-9-16)12-20(26)23-19-11-14(2)24-25(19)21-22-17(13-29-21)18-5-4-10-28-18/h4-11,13H,3,12H2,1-2H3,(H,23,26). The van der Waals surface area contributed by atoms with Gasteiger partial charge in [-0.05, 0) is 43.0 Å². The molecule has 0 aliphatic carbocycles. The summed E-state index contributed by atoms with van der Waals surface area (Å²) in [5.41, 5.74) is 2.65. The average Bonchev–Trinajstić information content (AvgIpc) is 3.44. The Hall–Kier alpha value is -2.97. The van der Waals surface area contributed by atoms with Crippen LogP contribution in [0.5, 0.6) is 5.75 Å². The molecule has 3 aromatic heterocycles. The highest BCUT2D eigenvalue weighted by Crippen LogP contribution is 2.29. The Morgan fingerprint density at radius 3 is 2.76 bits per heavy atom. The van der Waals surface area contributed by atoms with Gasteiger partial charge in [0, 0.05) is 11.4 Å². The van der Waals surface area contributed by atoms with Gasteiger partial charge in [0.1, 0.15) is 11.6 Å². The first-order valence-corrected chi connectivity index (χ1v) is 11.0. The van der Waals surface area contributed by atoms with Crippen molar-refractivity contribution >= 4 is 34.4 Å². The molecule has 1 amide bonds. The molecule has 0 aliphatic rings. The first-order chi connectivity index (χ1) is 14.1. The van der Waals surface area contributed by atoms with Gasteiger partial charge < -0.3 is 10.1 Å². The third-order valence-corrected chi connectivity index (χ3v) is 5.85. The molecule has 6 nitrogen and oxygen atoms in total. The summed E-state index contributed by atoms with van der Waals surface area (Å²) in [6.07, 6.45) is 0.273. The van der Waals surface area contributed by atoms with Crippen LogP contribution >= 0.6 is 22.7 Å². The van der Waals surface area contributed by atoms with Crippen LogP contribution in [0.1, 0.15) is 18.2 Å². The summed E-state index contributed by atoms with van der Waals surface area (Å²) in [6.45, 7) is 4.46. The zero-order valence-corrected chi connectivity index (χ0v) is 17.7. The molecule has 0 fully saturated rings. The fourth-order valence-electron chi connectivity index (χ4n) is 2.88. The van der Waals surface area contributed by atoms with Gasteiger partial charge >= 0.3 is 0 Å². The first kappa shape index (κ1) is 19.4. The summed E-state index contributed by atoms with van der Waals surface area (Å²) in [6, 6.07) is 13.5. The van der Waals surface area contributed by atoms with Gasteiger partial charge in [-0.3, -0.25) is 4.79 Å². The number of thiophene rings is 1. The molecular weight excluding hydrogens is 404 g/mol. The van der Waals surface area contributed by atoms with Crippen LogP contribution in [0.25, 0.3) is 15.7 Å². The van der Waals surface area contributed by atoms with Crippen molar-refractivity contribution in [1.29, 1.82) is 0 Å². The monoisotopic (exact) mass is 424 g/mol. The maximum atomic E-state index is 12.6. The van der Waals surface area contributed by atoms with Crippen LogP contribution in [0, 0.1) is 6.92 Å². The van der Waals surface area contributed by atoms with Crippen LogP contribution in [0.3, 0.4) is 0 Å². The van der Waals surface area contributed by atoms with Crippen LogP contribution in [-0.4, -0.2) is 27.3 Å². The topological polar surface area (TPSA) is 69.0 Å². The highest BCUT2D eigenvalue weighted by atomic mass is 32.1. The summed E-state index contributed by atoms with van der Waals surface area (Å²) in [5.74, 6) is 1.31. The SMILES string of the molecule is CCOc1ccc(CC(=O)Nc2cc(C)nn2-c2nc(-c3cccs3)cs2)cc1. The number of carbonyl (C=O) groups excluding carboxylic acids is 1. The molecule has 0 bridgehead atoms. The van der Waals surface area contributed by atoms with Crippen molar-refractivity contribution in [3.05, 3.63) is 64.5 Å². The highest BCUT2D eigenvalue weighted by molar-refractivity contribution is 7.15. The van der Waals surface area contributed by atoms with E-state index in [-0.39, 0.29) is 12.3 Å². The zero-order chi connectivity index (χ0) is 20.2. The molecule has 8 heteroatoms. The summed E-state index contributed by atoms with van der Waals surface area (Å²) in [7, 11) is 0. The number of hydrogen-bond acceptors (Lipinski definition) is 6. The summed E-state index contributed by atoms with van der Waals surface area (Å²) >= 11 is 3.14. The van der Waals surface area contributed by atoms with Crippen LogP contribution < -0.4 is 10.1 Å². The number of hydrogen-bond donors (Lipinski definition) is 1. The Labute approximate surface area is 176 Å². The predicted octanol–water partition coefficient (Wildman–Crippen LogP) is 4.95. The lowest BCUT2D eigenvalue weighted by Gasteiger charge is -2.07. The van der Waals surface area contributed by atoms with E-state index >= 15 is 0 Å². The maximum absolute atomic E-state index is 12.6. The summed E-state index contributed by atoms with van der Waals surface area (Å²) < 4.78 is 7.13. The molecule has 0 atom stereocenters. The second-order valence-electron chi connectivity index (χ2n) is 6.38. The molecule has 1 aromatic carbocycles. The van der Waals surface area contributed by atoms with E-state index < -0.39 is 0 Å². The lowest BCUT2D eigenvalue weighted by Crippen LogP contribution is -2.17. The highest BCUT2D eigenvalue weighted by Gasteiger charge is 2.15. The van der Waals surface area contributed by atoms with Gasteiger partial charge in [0.2, 0.25) is 11.0 Å². The van der Waals surface area contributed by atoms with E-state index in [0.29, 0.717) is 12.4 Å². The summed E-state index contributed by atoms with van der Waals surface area (Å²) in [4.78, 5) is 18.4. The largest absolute Gasteiger partial charge is 0.494 e. The van der Waals surface area contributed by atoms with Crippen molar-refractivity contribution in [3.8, 4) is 21.5 Å². The van der Waals surface area contributed by atoms with E-state index in [1.165, 1.54) is 11.3 Å². The number of carbonyl (C=O) groups is 1.